The van der Waals surface area contributed by atoms with Crippen molar-refractivity contribution in [2.75, 3.05) is 25.0 Å². The summed E-state index contributed by atoms with van der Waals surface area (Å²) in [5, 5.41) is 3.42. The first-order chi connectivity index (χ1) is 9.97. The van der Waals surface area contributed by atoms with Crippen LogP contribution in [0.5, 0.6) is 0 Å². The van der Waals surface area contributed by atoms with Crippen molar-refractivity contribution < 1.29 is 9.59 Å². The third kappa shape index (κ3) is 4.11. The summed E-state index contributed by atoms with van der Waals surface area (Å²) in [6, 6.07) is 4.82. The van der Waals surface area contributed by atoms with Gasteiger partial charge in [-0.15, -0.1) is 0 Å². The molecular weight excluding hydrogens is 290 g/mol. The van der Waals surface area contributed by atoms with Crippen LogP contribution in [0, 0.1) is 5.92 Å². The number of halogens is 1. The molecule has 1 atom stereocenters. The van der Waals surface area contributed by atoms with Crippen LogP contribution < -0.4 is 11.1 Å². The molecule has 1 aromatic carbocycles. The molecule has 114 valence electrons. The predicted octanol–water partition coefficient (Wildman–Crippen LogP) is 2.11. The molecule has 0 spiro atoms. The number of piperidine rings is 1. The molecule has 1 saturated heterocycles. The van der Waals surface area contributed by atoms with Gasteiger partial charge >= 0.3 is 0 Å². The number of benzene rings is 1. The molecule has 6 heteroatoms. The van der Waals surface area contributed by atoms with Crippen molar-refractivity contribution in [2.24, 2.45) is 11.7 Å². The van der Waals surface area contributed by atoms with Crippen molar-refractivity contribution in [3.63, 3.8) is 0 Å². The number of amides is 2. The van der Waals surface area contributed by atoms with Gasteiger partial charge in [0.05, 0.1) is 12.1 Å². The molecule has 0 bridgehead atoms. The maximum atomic E-state index is 12.2. The smallest absolute Gasteiger partial charge is 0.250 e. The van der Waals surface area contributed by atoms with E-state index in [1.807, 2.05) is 4.90 Å². The van der Waals surface area contributed by atoms with Gasteiger partial charge in [-0.05, 0) is 37.0 Å². The Kier molecular flexibility index (Phi) is 5.07. The monoisotopic (exact) mass is 309 g/mol. The van der Waals surface area contributed by atoms with E-state index in [2.05, 4.69) is 12.2 Å². The number of nitrogens with one attached hydrogen (secondary N) is 1. The Morgan fingerprint density at radius 3 is 2.90 bits per heavy atom. The second-order valence-corrected chi connectivity index (χ2v) is 5.93. The molecule has 0 radical (unpaired) electrons. The maximum Gasteiger partial charge on any atom is 0.250 e. The van der Waals surface area contributed by atoms with Gasteiger partial charge in [-0.2, -0.15) is 0 Å². The first-order valence-corrected chi connectivity index (χ1v) is 7.46. The standard InChI is InChI=1S/C15H20ClN3O2/c1-10-3-2-6-19(9-10)14(20)8-18-13-5-4-11(16)7-12(13)15(17)21/h4-5,7,10,18H,2-3,6,8-9H2,1H3,(H2,17,21)/t10-/m1/s1. The molecule has 2 amide bonds. The van der Waals surface area contributed by atoms with Gasteiger partial charge < -0.3 is 16.0 Å². The highest BCUT2D eigenvalue weighted by molar-refractivity contribution is 6.31. The van der Waals surface area contributed by atoms with Gasteiger partial charge in [0.15, 0.2) is 0 Å². The van der Waals surface area contributed by atoms with Crippen molar-refractivity contribution in [1.29, 1.82) is 0 Å². The van der Waals surface area contributed by atoms with Crippen LogP contribution in [-0.4, -0.2) is 36.3 Å². The van der Waals surface area contributed by atoms with Gasteiger partial charge in [0.2, 0.25) is 5.91 Å². The number of nitrogens with two attached hydrogens (primary N) is 1. The van der Waals surface area contributed by atoms with Crippen LogP contribution in [0.3, 0.4) is 0 Å². The number of rotatable bonds is 4. The highest BCUT2D eigenvalue weighted by Gasteiger charge is 2.21. The Bertz CT molecular complexity index is 548. The van der Waals surface area contributed by atoms with E-state index in [1.54, 1.807) is 12.1 Å². The lowest BCUT2D eigenvalue weighted by atomic mass is 10.0. The molecule has 0 unspecified atom stereocenters. The van der Waals surface area contributed by atoms with E-state index in [9.17, 15) is 9.59 Å². The minimum absolute atomic E-state index is 0.0342. The zero-order valence-corrected chi connectivity index (χ0v) is 12.8. The zero-order valence-electron chi connectivity index (χ0n) is 12.1. The van der Waals surface area contributed by atoms with Crippen molar-refractivity contribution in [3.05, 3.63) is 28.8 Å². The first-order valence-electron chi connectivity index (χ1n) is 7.08. The highest BCUT2D eigenvalue weighted by Crippen LogP contribution is 2.20. The fourth-order valence-corrected chi connectivity index (χ4v) is 2.75. The van der Waals surface area contributed by atoms with E-state index >= 15 is 0 Å². The Labute approximate surface area is 129 Å². The number of carbonyl (C=O) groups is 2. The topological polar surface area (TPSA) is 75.4 Å². The number of primary amides is 1. The molecule has 1 heterocycles. The molecular formula is C15H20ClN3O2. The highest BCUT2D eigenvalue weighted by atomic mass is 35.5. The number of carbonyl (C=O) groups excluding carboxylic acids is 2. The molecule has 1 fully saturated rings. The Hall–Kier alpha value is -1.75. The van der Waals surface area contributed by atoms with Crippen LogP contribution in [-0.2, 0) is 4.79 Å². The number of anilines is 1. The molecule has 0 saturated carbocycles. The third-order valence-electron chi connectivity index (χ3n) is 3.69. The molecule has 5 nitrogen and oxygen atoms in total. The maximum absolute atomic E-state index is 12.2. The average Bonchev–Trinajstić information content (AvgIpc) is 2.45. The number of likely N-dealkylation sites (tertiary alicyclic amines) is 1. The number of hydrogen-bond acceptors (Lipinski definition) is 3. The van der Waals surface area contributed by atoms with Gasteiger partial charge in [-0.3, -0.25) is 9.59 Å². The van der Waals surface area contributed by atoms with Crippen molar-refractivity contribution >= 4 is 29.1 Å². The lowest BCUT2D eigenvalue weighted by molar-refractivity contribution is -0.130. The molecule has 2 rings (SSSR count). The van der Waals surface area contributed by atoms with Crippen molar-refractivity contribution in [3.8, 4) is 0 Å². The summed E-state index contributed by atoms with van der Waals surface area (Å²) in [6.45, 7) is 3.89. The summed E-state index contributed by atoms with van der Waals surface area (Å²) in [7, 11) is 0. The summed E-state index contributed by atoms with van der Waals surface area (Å²) in [5.41, 5.74) is 6.14. The SMILES string of the molecule is C[C@@H]1CCCN(C(=O)CNc2ccc(Cl)cc2C(N)=O)C1. The van der Waals surface area contributed by atoms with Gasteiger partial charge in [0.1, 0.15) is 0 Å². The largest absolute Gasteiger partial charge is 0.376 e. The van der Waals surface area contributed by atoms with E-state index in [-0.39, 0.29) is 12.5 Å². The van der Waals surface area contributed by atoms with E-state index < -0.39 is 5.91 Å². The molecule has 1 aliphatic heterocycles. The molecule has 1 aromatic rings. The molecule has 21 heavy (non-hydrogen) atoms. The normalized spacial score (nSPS) is 18.4. The van der Waals surface area contributed by atoms with E-state index in [1.165, 1.54) is 12.5 Å². The summed E-state index contributed by atoms with van der Waals surface area (Å²) >= 11 is 5.85. The van der Waals surface area contributed by atoms with E-state index in [4.69, 9.17) is 17.3 Å². The van der Waals surface area contributed by atoms with Crippen LogP contribution >= 0.6 is 11.6 Å². The quantitative estimate of drug-likeness (QED) is 0.894. The van der Waals surface area contributed by atoms with Crippen LogP contribution in [0.1, 0.15) is 30.1 Å². The predicted molar refractivity (Wildman–Crippen MR) is 83.4 cm³/mol. The van der Waals surface area contributed by atoms with Crippen LogP contribution in [0.4, 0.5) is 5.69 Å². The lowest BCUT2D eigenvalue weighted by Gasteiger charge is -2.31. The summed E-state index contributed by atoms with van der Waals surface area (Å²) in [6.07, 6.45) is 2.21. The molecule has 3 N–H and O–H groups in total. The Morgan fingerprint density at radius 1 is 1.48 bits per heavy atom. The van der Waals surface area contributed by atoms with Crippen molar-refractivity contribution in [2.45, 2.75) is 19.8 Å². The van der Waals surface area contributed by atoms with Gasteiger partial charge in [-0.1, -0.05) is 18.5 Å². The minimum Gasteiger partial charge on any atom is -0.376 e. The van der Waals surface area contributed by atoms with Gasteiger partial charge in [-0.25, -0.2) is 0 Å². The summed E-state index contributed by atoms with van der Waals surface area (Å²) < 4.78 is 0. The molecule has 1 aliphatic rings. The Balaban J connectivity index is 1.99. The average molecular weight is 310 g/mol. The van der Waals surface area contributed by atoms with Gasteiger partial charge in [0.25, 0.3) is 5.91 Å². The van der Waals surface area contributed by atoms with Crippen LogP contribution in [0.25, 0.3) is 0 Å². The van der Waals surface area contributed by atoms with Crippen LogP contribution in [0.15, 0.2) is 18.2 Å². The first kappa shape index (κ1) is 15.6. The van der Waals surface area contributed by atoms with Gasteiger partial charge in [0, 0.05) is 23.8 Å². The fourth-order valence-electron chi connectivity index (χ4n) is 2.57. The second-order valence-electron chi connectivity index (χ2n) is 5.49. The molecule has 0 aliphatic carbocycles. The number of nitrogens with zero attached hydrogens (tertiary/aromatic N) is 1. The van der Waals surface area contributed by atoms with Crippen LogP contribution in [0.2, 0.25) is 5.02 Å². The zero-order chi connectivity index (χ0) is 15.4. The fraction of sp³-hybridized carbons (Fsp3) is 0.467. The van der Waals surface area contributed by atoms with E-state index in [0.29, 0.717) is 22.2 Å². The minimum atomic E-state index is -0.570. The Morgan fingerprint density at radius 2 is 2.24 bits per heavy atom. The third-order valence-corrected chi connectivity index (χ3v) is 3.92. The summed E-state index contributed by atoms with van der Waals surface area (Å²) in [5.74, 6) is 0.00498. The summed E-state index contributed by atoms with van der Waals surface area (Å²) in [4.78, 5) is 25.4. The van der Waals surface area contributed by atoms with E-state index in [0.717, 1.165) is 19.5 Å². The second kappa shape index (κ2) is 6.80. The molecule has 0 aromatic heterocycles. The lowest BCUT2D eigenvalue weighted by Crippen LogP contribution is -2.42. The number of hydrogen-bond donors (Lipinski definition) is 2. The van der Waals surface area contributed by atoms with Crippen molar-refractivity contribution in [1.82, 2.24) is 4.90 Å².